The molecule has 0 fully saturated rings. The number of esters is 1. The summed E-state index contributed by atoms with van der Waals surface area (Å²) in [5.74, 6) is 0.547. The van der Waals surface area contributed by atoms with E-state index >= 15 is 0 Å². The summed E-state index contributed by atoms with van der Waals surface area (Å²) in [6.07, 6.45) is 0. The Bertz CT molecular complexity index is 958. The van der Waals surface area contributed by atoms with E-state index in [1.807, 2.05) is 13.8 Å². The van der Waals surface area contributed by atoms with Crippen LogP contribution in [0.15, 0.2) is 42.5 Å². The molecular formula is C20H19ClN2O4. The van der Waals surface area contributed by atoms with Crippen molar-refractivity contribution in [2.75, 3.05) is 14.2 Å². The van der Waals surface area contributed by atoms with Gasteiger partial charge in [0.25, 0.3) is 0 Å². The minimum absolute atomic E-state index is 0.238. The highest BCUT2D eigenvalue weighted by molar-refractivity contribution is 6.31. The minimum atomic E-state index is -0.518. The first-order chi connectivity index (χ1) is 13.0. The average molecular weight is 387 g/mol. The largest absolute Gasteiger partial charge is 0.493 e. The second-order valence-corrected chi connectivity index (χ2v) is 6.20. The van der Waals surface area contributed by atoms with Crippen molar-refractivity contribution in [3.05, 3.63) is 64.4 Å². The Morgan fingerprint density at radius 2 is 1.59 bits per heavy atom. The molecule has 3 rings (SSSR count). The first-order valence-electron chi connectivity index (χ1n) is 8.21. The third-order valence-corrected chi connectivity index (χ3v) is 4.67. The number of benzene rings is 2. The van der Waals surface area contributed by atoms with E-state index < -0.39 is 5.97 Å². The Hall–Kier alpha value is -2.99. The fourth-order valence-electron chi connectivity index (χ4n) is 2.68. The van der Waals surface area contributed by atoms with Crippen LogP contribution < -0.4 is 14.2 Å². The molecule has 1 heterocycles. The monoisotopic (exact) mass is 386 g/mol. The van der Waals surface area contributed by atoms with Crippen molar-refractivity contribution in [2.24, 2.45) is 0 Å². The van der Waals surface area contributed by atoms with Crippen LogP contribution in [0.4, 0.5) is 0 Å². The number of carbonyl (C=O) groups excluding carboxylic acids is 1. The molecule has 0 N–H and O–H groups in total. The van der Waals surface area contributed by atoms with Crippen LogP contribution in [0.5, 0.6) is 17.2 Å². The molecular weight excluding hydrogens is 368 g/mol. The van der Waals surface area contributed by atoms with Gasteiger partial charge in [-0.3, -0.25) is 0 Å². The number of hydrogen-bond acceptors (Lipinski definition) is 5. The van der Waals surface area contributed by atoms with E-state index in [-0.39, 0.29) is 5.75 Å². The first kappa shape index (κ1) is 18.8. The molecule has 0 bridgehead atoms. The molecule has 0 aliphatic carbocycles. The normalized spacial score (nSPS) is 10.6. The SMILES string of the molecule is COc1cccc(OC)c1OC(=O)c1ccc(-n2nc(C)c(Cl)c2C)cc1. The van der Waals surface area contributed by atoms with Gasteiger partial charge in [-0.15, -0.1) is 0 Å². The highest BCUT2D eigenvalue weighted by Gasteiger charge is 2.17. The van der Waals surface area contributed by atoms with E-state index in [4.69, 9.17) is 25.8 Å². The molecule has 140 valence electrons. The molecule has 0 aliphatic rings. The number of aryl methyl sites for hydroxylation is 1. The van der Waals surface area contributed by atoms with Gasteiger partial charge < -0.3 is 14.2 Å². The third-order valence-electron chi connectivity index (χ3n) is 4.13. The van der Waals surface area contributed by atoms with E-state index in [0.29, 0.717) is 22.1 Å². The van der Waals surface area contributed by atoms with Crippen molar-refractivity contribution < 1.29 is 19.0 Å². The summed E-state index contributed by atoms with van der Waals surface area (Å²) >= 11 is 6.20. The zero-order valence-electron chi connectivity index (χ0n) is 15.4. The molecule has 6 nitrogen and oxygen atoms in total. The Labute approximate surface area is 162 Å². The van der Waals surface area contributed by atoms with E-state index in [1.54, 1.807) is 47.1 Å². The summed E-state index contributed by atoms with van der Waals surface area (Å²) in [6.45, 7) is 3.73. The molecule has 3 aromatic rings. The molecule has 0 unspecified atom stereocenters. The Morgan fingerprint density at radius 1 is 1.00 bits per heavy atom. The number of methoxy groups -OCH3 is 2. The van der Waals surface area contributed by atoms with Gasteiger partial charge in [-0.2, -0.15) is 5.10 Å². The summed E-state index contributed by atoms with van der Waals surface area (Å²) in [6, 6.07) is 12.1. The van der Waals surface area contributed by atoms with Gasteiger partial charge >= 0.3 is 5.97 Å². The second kappa shape index (κ2) is 7.72. The number of ether oxygens (including phenoxy) is 3. The van der Waals surface area contributed by atoms with E-state index in [0.717, 1.165) is 17.1 Å². The summed E-state index contributed by atoms with van der Waals surface area (Å²) < 4.78 is 17.7. The third kappa shape index (κ3) is 3.61. The topological polar surface area (TPSA) is 62.6 Å². The number of nitrogens with zero attached hydrogens (tertiary/aromatic N) is 2. The molecule has 0 spiro atoms. The minimum Gasteiger partial charge on any atom is -0.493 e. The molecule has 0 radical (unpaired) electrons. The number of rotatable bonds is 5. The molecule has 0 atom stereocenters. The lowest BCUT2D eigenvalue weighted by Gasteiger charge is -2.13. The van der Waals surface area contributed by atoms with E-state index in [1.165, 1.54) is 14.2 Å². The molecule has 7 heteroatoms. The molecule has 1 aromatic heterocycles. The summed E-state index contributed by atoms with van der Waals surface area (Å²) in [5.41, 5.74) is 2.78. The molecule has 0 amide bonds. The zero-order valence-corrected chi connectivity index (χ0v) is 16.2. The van der Waals surface area contributed by atoms with Gasteiger partial charge in [0.2, 0.25) is 5.75 Å². The predicted octanol–water partition coefficient (Wildman–Crippen LogP) is 4.38. The summed E-state index contributed by atoms with van der Waals surface area (Å²) in [7, 11) is 3.00. The molecule has 0 saturated carbocycles. The maximum absolute atomic E-state index is 12.5. The van der Waals surface area contributed by atoms with E-state index in [9.17, 15) is 4.79 Å². The van der Waals surface area contributed by atoms with Gasteiger partial charge in [-0.25, -0.2) is 9.48 Å². The highest BCUT2D eigenvalue weighted by atomic mass is 35.5. The van der Waals surface area contributed by atoms with E-state index in [2.05, 4.69) is 5.10 Å². The first-order valence-corrected chi connectivity index (χ1v) is 8.59. The van der Waals surface area contributed by atoms with Crippen LogP contribution in [-0.4, -0.2) is 30.0 Å². The maximum atomic E-state index is 12.5. The summed E-state index contributed by atoms with van der Waals surface area (Å²) in [4.78, 5) is 12.5. The fourth-order valence-corrected chi connectivity index (χ4v) is 2.80. The number of carbonyl (C=O) groups is 1. The standard InChI is InChI=1S/C20H19ClN2O4/c1-12-18(21)13(2)23(22-12)15-10-8-14(9-11-15)20(24)27-19-16(25-3)6-5-7-17(19)26-4/h5-11H,1-4H3. The number of halogens is 1. The maximum Gasteiger partial charge on any atom is 0.343 e. The highest BCUT2D eigenvalue weighted by Crippen LogP contribution is 2.37. The number of aromatic nitrogens is 2. The van der Waals surface area contributed by atoms with Gasteiger partial charge in [0.1, 0.15) is 0 Å². The lowest BCUT2D eigenvalue weighted by Crippen LogP contribution is -2.10. The van der Waals surface area contributed by atoms with Crippen molar-refractivity contribution in [3.8, 4) is 22.9 Å². The number of hydrogen-bond donors (Lipinski definition) is 0. The van der Waals surface area contributed by atoms with Crippen LogP contribution in [-0.2, 0) is 0 Å². The lowest BCUT2D eigenvalue weighted by atomic mass is 10.2. The van der Waals surface area contributed by atoms with Crippen LogP contribution in [0.1, 0.15) is 21.7 Å². The van der Waals surface area contributed by atoms with Crippen molar-refractivity contribution in [3.63, 3.8) is 0 Å². The van der Waals surface area contributed by atoms with Gasteiger partial charge in [0.15, 0.2) is 11.5 Å². The Kier molecular flexibility index (Phi) is 5.37. The molecule has 2 aromatic carbocycles. The quantitative estimate of drug-likeness (QED) is 0.481. The van der Waals surface area contributed by atoms with Crippen LogP contribution in [0.25, 0.3) is 5.69 Å². The molecule has 0 aliphatic heterocycles. The zero-order chi connectivity index (χ0) is 19.6. The van der Waals surface area contributed by atoms with Crippen LogP contribution in [0, 0.1) is 13.8 Å². The summed E-state index contributed by atoms with van der Waals surface area (Å²) in [5, 5.41) is 5.03. The lowest BCUT2D eigenvalue weighted by molar-refractivity contribution is 0.0724. The van der Waals surface area contributed by atoms with Crippen LogP contribution in [0.2, 0.25) is 5.02 Å². The van der Waals surface area contributed by atoms with Crippen LogP contribution >= 0.6 is 11.6 Å². The van der Waals surface area contributed by atoms with Crippen molar-refractivity contribution in [1.29, 1.82) is 0 Å². The fraction of sp³-hybridized carbons (Fsp3) is 0.200. The smallest absolute Gasteiger partial charge is 0.343 e. The van der Waals surface area contributed by atoms with Gasteiger partial charge in [0.05, 0.1) is 41.9 Å². The average Bonchev–Trinajstić information content (AvgIpc) is 2.95. The van der Waals surface area contributed by atoms with Crippen molar-refractivity contribution in [2.45, 2.75) is 13.8 Å². The van der Waals surface area contributed by atoms with Crippen molar-refractivity contribution >= 4 is 17.6 Å². The second-order valence-electron chi connectivity index (χ2n) is 5.82. The molecule has 27 heavy (non-hydrogen) atoms. The van der Waals surface area contributed by atoms with Gasteiger partial charge in [0, 0.05) is 0 Å². The van der Waals surface area contributed by atoms with Crippen molar-refractivity contribution in [1.82, 2.24) is 9.78 Å². The number of para-hydroxylation sites is 1. The van der Waals surface area contributed by atoms with Gasteiger partial charge in [-0.05, 0) is 50.2 Å². The van der Waals surface area contributed by atoms with Crippen LogP contribution in [0.3, 0.4) is 0 Å². The Morgan fingerprint density at radius 3 is 2.07 bits per heavy atom. The Balaban J connectivity index is 1.86. The molecule has 0 saturated heterocycles. The van der Waals surface area contributed by atoms with Gasteiger partial charge in [-0.1, -0.05) is 17.7 Å². The predicted molar refractivity (Wildman–Crippen MR) is 103 cm³/mol.